The number of fused-ring (bicyclic) bond motifs is 1. The summed E-state index contributed by atoms with van der Waals surface area (Å²) < 4.78 is 0. The number of carbonyl (C=O) groups is 1. The highest BCUT2D eigenvalue weighted by molar-refractivity contribution is 5.89. The van der Waals surface area contributed by atoms with Crippen LogP contribution in [0.3, 0.4) is 0 Å². The minimum Gasteiger partial charge on any atom is -0.294 e. The minimum atomic E-state index is -0.318. The van der Waals surface area contributed by atoms with Crippen LogP contribution >= 0.6 is 0 Å². The van der Waals surface area contributed by atoms with Crippen molar-refractivity contribution in [1.29, 1.82) is 0 Å². The van der Waals surface area contributed by atoms with Crippen LogP contribution < -0.4 is 11.3 Å². The number of rotatable bonds is 2. The standard InChI is InChI=1S/C20H23N3O/c21-23-19(24)20-9-12-6-13(10-20)8-15(7-12)18(20)17-3-1-2-14-11-22-5-4-16(14)17/h1-5,11-13,15,18H,6-10,21H2,(H,23,24). The molecule has 3 atom stereocenters. The van der Waals surface area contributed by atoms with E-state index in [1.807, 2.05) is 12.4 Å². The maximum Gasteiger partial charge on any atom is 0.240 e. The third kappa shape index (κ3) is 1.83. The molecule has 4 heteroatoms. The maximum atomic E-state index is 12.9. The smallest absolute Gasteiger partial charge is 0.240 e. The molecule has 24 heavy (non-hydrogen) atoms. The normalized spacial score (nSPS) is 36.9. The first-order chi connectivity index (χ1) is 11.7. The molecule has 1 aromatic heterocycles. The second kappa shape index (κ2) is 5.03. The van der Waals surface area contributed by atoms with E-state index in [2.05, 4.69) is 34.7 Å². The number of nitrogens with two attached hydrogens (primary N) is 1. The lowest BCUT2D eigenvalue weighted by Crippen LogP contribution is -2.59. The maximum absolute atomic E-state index is 12.9. The van der Waals surface area contributed by atoms with E-state index in [9.17, 15) is 4.79 Å². The molecule has 4 aliphatic rings. The highest BCUT2D eigenvalue weighted by Gasteiger charge is 2.60. The van der Waals surface area contributed by atoms with Gasteiger partial charge < -0.3 is 0 Å². The van der Waals surface area contributed by atoms with E-state index in [1.54, 1.807) is 0 Å². The van der Waals surface area contributed by atoms with Gasteiger partial charge in [-0.3, -0.25) is 15.2 Å². The molecule has 2 aromatic rings. The number of pyridine rings is 1. The van der Waals surface area contributed by atoms with Crippen LogP contribution in [-0.2, 0) is 4.79 Å². The monoisotopic (exact) mass is 321 g/mol. The fourth-order valence-corrected chi connectivity index (χ4v) is 6.48. The van der Waals surface area contributed by atoms with Crippen LogP contribution in [0.15, 0.2) is 36.7 Å². The Kier molecular flexibility index (Phi) is 3.02. The minimum absolute atomic E-state index is 0.0534. The van der Waals surface area contributed by atoms with E-state index < -0.39 is 0 Å². The average Bonchev–Trinajstić information content (AvgIpc) is 2.60. The van der Waals surface area contributed by atoms with Gasteiger partial charge in [-0.1, -0.05) is 18.2 Å². The molecule has 4 bridgehead atoms. The van der Waals surface area contributed by atoms with Crippen LogP contribution in [0.2, 0.25) is 0 Å². The van der Waals surface area contributed by atoms with Crippen LogP contribution in [-0.4, -0.2) is 10.9 Å². The Labute approximate surface area is 141 Å². The lowest BCUT2D eigenvalue weighted by atomic mass is 9.43. The molecule has 0 radical (unpaired) electrons. The largest absolute Gasteiger partial charge is 0.294 e. The van der Waals surface area contributed by atoms with Gasteiger partial charge in [0.05, 0.1) is 5.41 Å². The molecular weight excluding hydrogens is 298 g/mol. The number of nitrogens with one attached hydrogen (secondary N) is 1. The number of nitrogens with zero attached hydrogens (tertiary/aromatic N) is 1. The molecule has 1 heterocycles. The van der Waals surface area contributed by atoms with Crippen LogP contribution in [0.25, 0.3) is 10.8 Å². The molecule has 6 rings (SSSR count). The quantitative estimate of drug-likeness (QED) is 0.507. The van der Waals surface area contributed by atoms with Crippen molar-refractivity contribution in [3.63, 3.8) is 0 Å². The van der Waals surface area contributed by atoms with E-state index in [0.717, 1.165) is 18.2 Å². The van der Waals surface area contributed by atoms with Crippen molar-refractivity contribution in [3.8, 4) is 0 Å². The highest BCUT2D eigenvalue weighted by Crippen LogP contribution is 2.66. The van der Waals surface area contributed by atoms with Crippen LogP contribution in [0.4, 0.5) is 0 Å². The molecule has 1 aromatic carbocycles. The van der Waals surface area contributed by atoms with E-state index >= 15 is 0 Å². The predicted octanol–water partition coefficient (Wildman–Crippen LogP) is 3.13. The van der Waals surface area contributed by atoms with E-state index in [1.165, 1.54) is 30.2 Å². The summed E-state index contributed by atoms with van der Waals surface area (Å²) in [4.78, 5) is 17.2. The summed E-state index contributed by atoms with van der Waals surface area (Å²) in [6.45, 7) is 0. The van der Waals surface area contributed by atoms with Crippen molar-refractivity contribution < 1.29 is 4.79 Å². The Morgan fingerprint density at radius 1 is 1.17 bits per heavy atom. The number of hydrazine groups is 1. The summed E-state index contributed by atoms with van der Waals surface area (Å²) in [5.74, 6) is 7.98. The third-order valence-corrected chi connectivity index (χ3v) is 6.94. The van der Waals surface area contributed by atoms with Crippen LogP contribution in [0.1, 0.15) is 43.6 Å². The van der Waals surface area contributed by atoms with Crippen molar-refractivity contribution in [3.05, 3.63) is 42.2 Å². The topological polar surface area (TPSA) is 68.0 Å². The van der Waals surface area contributed by atoms with Gasteiger partial charge in [0.25, 0.3) is 0 Å². The summed E-state index contributed by atoms with van der Waals surface area (Å²) in [6, 6.07) is 8.54. The fraction of sp³-hybridized carbons (Fsp3) is 0.500. The van der Waals surface area contributed by atoms with Crippen LogP contribution in [0.5, 0.6) is 0 Å². The molecule has 0 aliphatic heterocycles. The zero-order valence-electron chi connectivity index (χ0n) is 13.7. The van der Waals surface area contributed by atoms with Crippen molar-refractivity contribution in [2.75, 3.05) is 0 Å². The average molecular weight is 321 g/mol. The van der Waals surface area contributed by atoms with Gasteiger partial charge in [-0.05, 0) is 66.9 Å². The summed E-state index contributed by atoms with van der Waals surface area (Å²) >= 11 is 0. The lowest BCUT2D eigenvalue weighted by molar-refractivity contribution is -0.150. The predicted molar refractivity (Wildman–Crippen MR) is 92.8 cm³/mol. The second-order valence-corrected chi connectivity index (χ2v) is 8.16. The van der Waals surface area contributed by atoms with Crippen molar-refractivity contribution in [2.45, 2.75) is 38.0 Å². The van der Waals surface area contributed by atoms with Gasteiger partial charge in [0, 0.05) is 23.7 Å². The number of carbonyl (C=O) groups excluding carboxylic acids is 1. The first kappa shape index (κ1) is 14.4. The molecule has 3 N–H and O–H groups in total. The van der Waals surface area contributed by atoms with Gasteiger partial charge in [0.1, 0.15) is 0 Å². The van der Waals surface area contributed by atoms with Gasteiger partial charge in [-0.25, -0.2) is 5.84 Å². The molecule has 4 nitrogen and oxygen atoms in total. The number of hydrogen-bond acceptors (Lipinski definition) is 3. The lowest BCUT2D eigenvalue weighted by Gasteiger charge is -2.60. The third-order valence-electron chi connectivity index (χ3n) is 6.94. The van der Waals surface area contributed by atoms with Gasteiger partial charge in [0.2, 0.25) is 5.91 Å². The second-order valence-electron chi connectivity index (χ2n) is 8.16. The Morgan fingerprint density at radius 3 is 2.71 bits per heavy atom. The molecular formula is C20H23N3O. The highest BCUT2D eigenvalue weighted by atomic mass is 16.2. The summed E-state index contributed by atoms with van der Waals surface area (Å²) in [5, 5.41) is 2.40. The zero-order valence-corrected chi connectivity index (χ0v) is 13.7. The van der Waals surface area contributed by atoms with E-state index in [-0.39, 0.29) is 17.2 Å². The molecule has 1 amide bonds. The number of aromatic nitrogens is 1. The summed E-state index contributed by atoms with van der Waals surface area (Å²) in [7, 11) is 0. The Balaban J connectivity index is 1.71. The Hall–Kier alpha value is -1.94. The molecule has 4 saturated carbocycles. The Bertz CT molecular complexity index is 798. The molecule has 0 saturated heterocycles. The molecule has 3 unspecified atom stereocenters. The van der Waals surface area contributed by atoms with Crippen molar-refractivity contribution >= 4 is 16.7 Å². The van der Waals surface area contributed by atoms with Gasteiger partial charge in [-0.2, -0.15) is 0 Å². The molecule has 4 aliphatic carbocycles. The van der Waals surface area contributed by atoms with Crippen molar-refractivity contribution in [2.24, 2.45) is 29.0 Å². The molecule has 124 valence electrons. The van der Waals surface area contributed by atoms with Crippen LogP contribution in [0, 0.1) is 23.2 Å². The fourth-order valence-electron chi connectivity index (χ4n) is 6.48. The van der Waals surface area contributed by atoms with E-state index in [0.29, 0.717) is 17.8 Å². The number of benzene rings is 1. The SMILES string of the molecule is NNC(=O)C12CC3CC(CC(C3)C1c1cccc3cnccc13)C2. The van der Waals surface area contributed by atoms with Gasteiger partial charge in [-0.15, -0.1) is 0 Å². The Morgan fingerprint density at radius 2 is 1.96 bits per heavy atom. The van der Waals surface area contributed by atoms with Gasteiger partial charge in [0.15, 0.2) is 0 Å². The zero-order chi connectivity index (χ0) is 16.3. The first-order valence-electron chi connectivity index (χ1n) is 9.05. The molecule has 4 fully saturated rings. The number of amides is 1. The summed E-state index contributed by atoms with van der Waals surface area (Å²) in [5.41, 5.74) is 3.52. The van der Waals surface area contributed by atoms with Gasteiger partial charge >= 0.3 is 0 Å². The molecule has 0 spiro atoms. The van der Waals surface area contributed by atoms with E-state index in [4.69, 9.17) is 5.84 Å². The van der Waals surface area contributed by atoms with Crippen molar-refractivity contribution in [1.82, 2.24) is 10.4 Å². The number of hydrogen-bond donors (Lipinski definition) is 2. The first-order valence-corrected chi connectivity index (χ1v) is 9.05. The summed E-state index contributed by atoms with van der Waals surface area (Å²) in [6.07, 6.45) is 9.61.